The van der Waals surface area contributed by atoms with Crippen LogP contribution in [0.15, 0.2) is 65.6 Å². The molecule has 0 N–H and O–H groups in total. The van der Waals surface area contributed by atoms with Gasteiger partial charge in [-0.05, 0) is 66.9 Å². The van der Waals surface area contributed by atoms with E-state index in [1.807, 2.05) is 48.2 Å². The van der Waals surface area contributed by atoms with Gasteiger partial charge in [0, 0.05) is 43.3 Å². The molecule has 0 atom stereocenters. The number of halogens is 1. The molecule has 37 heavy (non-hydrogen) atoms. The summed E-state index contributed by atoms with van der Waals surface area (Å²) in [6.45, 7) is 4.90. The molecule has 3 aromatic carbocycles. The number of thiazole rings is 1. The molecule has 0 aliphatic carbocycles. The Morgan fingerprint density at radius 3 is 2.43 bits per heavy atom. The molecule has 1 amide bonds. The van der Waals surface area contributed by atoms with Crippen molar-refractivity contribution in [3.63, 3.8) is 0 Å². The van der Waals surface area contributed by atoms with Gasteiger partial charge < -0.3 is 9.80 Å². The third-order valence-electron chi connectivity index (χ3n) is 7.11. The van der Waals surface area contributed by atoms with Crippen molar-refractivity contribution in [3.05, 3.63) is 82.4 Å². The van der Waals surface area contributed by atoms with Gasteiger partial charge in [-0.15, -0.1) is 0 Å². The van der Waals surface area contributed by atoms with Crippen molar-refractivity contribution >= 4 is 59.9 Å². The highest BCUT2D eigenvalue weighted by molar-refractivity contribution is 7.92. The summed E-state index contributed by atoms with van der Waals surface area (Å²) in [4.78, 5) is 22.2. The first-order valence-corrected chi connectivity index (χ1v) is 14.8. The Kier molecular flexibility index (Phi) is 6.09. The molecule has 1 saturated heterocycles. The molecule has 4 aromatic rings. The Hall–Kier alpha value is -3.14. The number of rotatable bonds is 4. The van der Waals surface area contributed by atoms with E-state index in [4.69, 9.17) is 16.6 Å². The van der Waals surface area contributed by atoms with Gasteiger partial charge in [0.25, 0.3) is 15.9 Å². The summed E-state index contributed by atoms with van der Waals surface area (Å²) in [7, 11) is -3.69. The largest absolute Gasteiger partial charge is 0.345 e. The predicted molar refractivity (Wildman–Crippen MR) is 149 cm³/mol. The molecule has 0 spiro atoms. The van der Waals surface area contributed by atoms with Crippen molar-refractivity contribution in [2.24, 2.45) is 0 Å². The number of nitrogens with zero attached hydrogens (tertiary/aromatic N) is 4. The lowest BCUT2D eigenvalue weighted by Crippen LogP contribution is -2.48. The highest BCUT2D eigenvalue weighted by atomic mass is 35.5. The van der Waals surface area contributed by atoms with Crippen LogP contribution >= 0.6 is 22.9 Å². The molecule has 0 saturated carbocycles. The second-order valence-corrected chi connectivity index (χ2v) is 12.6. The summed E-state index contributed by atoms with van der Waals surface area (Å²) in [5, 5.41) is 1.65. The van der Waals surface area contributed by atoms with Gasteiger partial charge in [-0.1, -0.05) is 41.1 Å². The topological polar surface area (TPSA) is 73.8 Å². The molecule has 3 heterocycles. The summed E-state index contributed by atoms with van der Waals surface area (Å²) < 4.78 is 29.1. The van der Waals surface area contributed by atoms with Crippen molar-refractivity contribution in [1.82, 2.24) is 9.88 Å². The summed E-state index contributed by atoms with van der Waals surface area (Å²) in [5.74, 6) is -0.0953. The SMILES string of the molecule is Cc1c(Cl)ccc2sc(N3CCN(C(=O)c4ccc(S(=O)(=O)N5CCc6ccccc65)cc4)CC3)nc12. The number of carbonyl (C=O) groups excluding carboxylic acids is 1. The van der Waals surface area contributed by atoms with Gasteiger partial charge in [0.1, 0.15) is 0 Å². The maximum absolute atomic E-state index is 13.3. The fraction of sp³-hybridized carbons (Fsp3) is 0.259. The van der Waals surface area contributed by atoms with Crippen molar-refractivity contribution in [2.75, 3.05) is 41.9 Å². The van der Waals surface area contributed by atoms with Gasteiger partial charge in [-0.3, -0.25) is 9.10 Å². The van der Waals surface area contributed by atoms with Gasteiger partial charge in [-0.25, -0.2) is 13.4 Å². The number of fused-ring (bicyclic) bond motifs is 2. The highest BCUT2D eigenvalue weighted by Gasteiger charge is 2.31. The van der Waals surface area contributed by atoms with Crippen LogP contribution in [0.5, 0.6) is 0 Å². The monoisotopic (exact) mass is 552 g/mol. The minimum Gasteiger partial charge on any atom is -0.345 e. The second-order valence-electron chi connectivity index (χ2n) is 9.28. The van der Waals surface area contributed by atoms with E-state index in [1.165, 1.54) is 16.4 Å². The number of hydrogen-bond acceptors (Lipinski definition) is 6. The molecule has 6 rings (SSSR count). The maximum Gasteiger partial charge on any atom is 0.264 e. The summed E-state index contributed by atoms with van der Waals surface area (Å²) >= 11 is 7.89. The van der Waals surface area contributed by atoms with E-state index in [9.17, 15) is 13.2 Å². The molecule has 0 bridgehead atoms. The van der Waals surface area contributed by atoms with E-state index in [0.717, 1.165) is 32.2 Å². The van der Waals surface area contributed by atoms with Crippen molar-refractivity contribution in [2.45, 2.75) is 18.2 Å². The molecule has 10 heteroatoms. The zero-order chi connectivity index (χ0) is 25.7. The maximum atomic E-state index is 13.3. The Bertz CT molecular complexity index is 1610. The van der Waals surface area contributed by atoms with Crippen molar-refractivity contribution in [1.29, 1.82) is 0 Å². The number of amides is 1. The Labute approximate surface area is 225 Å². The second kappa shape index (κ2) is 9.31. The number of carbonyl (C=O) groups is 1. The lowest BCUT2D eigenvalue weighted by molar-refractivity contribution is 0.0746. The molecule has 0 unspecified atom stereocenters. The van der Waals surface area contributed by atoms with E-state index >= 15 is 0 Å². The summed E-state index contributed by atoms with van der Waals surface area (Å²) in [6, 6.07) is 17.8. The molecule has 2 aliphatic heterocycles. The smallest absolute Gasteiger partial charge is 0.264 e. The summed E-state index contributed by atoms with van der Waals surface area (Å²) in [6.07, 6.45) is 0.697. The molecule has 1 fully saturated rings. The number of aryl methyl sites for hydroxylation is 1. The van der Waals surface area contributed by atoms with Crippen LogP contribution in [-0.2, 0) is 16.4 Å². The number of para-hydroxylation sites is 1. The number of aromatic nitrogens is 1. The van der Waals surface area contributed by atoms with Crippen molar-refractivity contribution < 1.29 is 13.2 Å². The average molecular weight is 553 g/mol. The lowest BCUT2D eigenvalue weighted by Gasteiger charge is -2.34. The number of sulfonamides is 1. The van der Waals surface area contributed by atoms with Crippen LogP contribution in [0.2, 0.25) is 5.02 Å². The van der Waals surface area contributed by atoms with Crippen LogP contribution in [0, 0.1) is 6.92 Å². The Balaban J connectivity index is 1.13. The van der Waals surface area contributed by atoms with Crippen LogP contribution in [0.3, 0.4) is 0 Å². The average Bonchev–Trinajstić information content (AvgIpc) is 3.56. The van der Waals surface area contributed by atoms with Gasteiger partial charge in [0.05, 0.1) is 20.8 Å². The zero-order valence-corrected chi connectivity index (χ0v) is 22.6. The third-order valence-corrected chi connectivity index (χ3v) is 10.4. The fourth-order valence-electron chi connectivity index (χ4n) is 4.96. The highest BCUT2D eigenvalue weighted by Crippen LogP contribution is 2.35. The van der Waals surface area contributed by atoms with Gasteiger partial charge >= 0.3 is 0 Å². The standard InChI is InChI=1S/C27H25ClN4O3S2/c1-18-22(28)10-11-24-25(18)29-27(36-24)31-16-14-30(15-17-31)26(33)20-6-8-21(9-7-20)37(34,35)32-13-12-19-4-2-3-5-23(19)32/h2-11H,12-17H2,1H3. The van der Waals surface area contributed by atoms with Crippen LogP contribution in [0.4, 0.5) is 10.8 Å². The summed E-state index contributed by atoms with van der Waals surface area (Å²) in [5.41, 5.74) is 4.15. The van der Waals surface area contributed by atoms with Gasteiger partial charge in [0.15, 0.2) is 5.13 Å². The molecule has 190 valence electrons. The van der Waals surface area contributed by atoms with Crippen LogP contribution in [-0.4, -0.2) is 56.9 Å². The Morgan fingerprint density at radius 2 is 1.68 bits per heavy atom. The first-order valence-electron chi connectivity index (χ1n) is 12.1. The third kappa shape index (κ3) is 4.24. The Morgan fingerprint density at radius 1 is 0.946 bits per heavy atom. The van der Waals surface area contributed by atoms with E-state index in [0.29, 0.717) is 49.7 Å². The minimum atomic E-state index is -3.69. The molecular formula is C27H25ClN4O3S2. The van der Waals surface area contributed by atoms with E-state index in [2.05, 4.69) is 4.90 Å². The van der Waals surface area contributed by atoms with E-state index < -0.39 is 10.0 Å². The van der Waals surface area contributed by atoms with Gasteiger partial charge in [0.2, 0.25) is 0 Å². The van der Waals surface area contributed by atoms with E-state index in [-0.39, 0.29) is 10.8 Å². The molecule has 1 aromatic heterocycles. The zero-order valence-electron chi connectivity index (χ0n) is 20.2. The van der Waals surface area contributed by atoms with Crippen molar-refractivity contribution in [3.8, 4) is 0 Å². The quantitative estimate of drug-likeness (QED) is 0.357. The number of hydrogen-bond donors (Lipinski definition) is 0. The number of piperazine rings is 1. The molecular weight excluding hydrogens is 528 g/mol. The molecule has 0 radical (unpaired) electrons. The van der Waals surface area contributed by atoms with Crippen LogP contribution < -0.4 is 9.21 Å². The fourth-order valence-corrected chi connectivity index (χ4v) is 7.69. The van der Waals surface area contributed by atoms with Crippen LogP contribution in [0.25, 0.3) is 10.2 Å². The minimum absolute atomic E-state index is 0.0953. The molecule has 7 nitrogen and oxygen atoms in total. The lowest BCUT2D eigenvalue weighted by atomic mass is 10.2. The number of anilines is 2. The normalized spacial score (nSPS) is 15.9. The van der Waals surface area contributed by atoms with Crippen LogP contribution in [0.1, 0.15) is 21.5 Å². The van der Waals surface area contributed by atoms with Gasteiger partial charge in [-0.2, -0.15) is 0 Å². The first-order chi connectivity index (χ1) is 17.8. The van der Waals surface area contributed by atoms with E-state index in [1.54, 1.807) is 23.5 Å². The number of benzene rings is 3. The predicted octanol–water partition coefficient (Wildman–Crippen LogP) is 4.97. The molecule has 2 aliphatic rings. The first kappa shape index (κ1) is 24.2.